The molecule has 6 heteroatoms. The molecule has 0 bridgehead atoms. The van der Waals surface area contributed by atoms with Gasteiger partial charge >= 0.3 is 0 Å². The SMILES string of the molecule is COc1ncccc1CNC(=O)C1(C)COCC1N. The van der Waals surface area contributed by atoms with Crippen molar-refractivity contribution in [1.29, 1.82) is 0 Å². The first-order chi connectivity index (χ1) is 9.08. The van der Waals surface area contributed by atoms with Gasteiger partial charge in [-0.05, 0) is 13.0 Å². The van der Waals surface area contributed by atoms with Crippen LogP contribution in [0, 0.1) is 5.41 Å². The van der Waals surface area contributed by atoms with E-state index in [9.17, 15) is 4.79 Å². The van der Waals surface area contributed by atoms with Gasteiger partial charge in [-0.2, -0.15) is 0 Å². The number of rotatable bonds is 4. The summed E-state index contributed by atoms with van der Waals surface area (Å²) in [5.41, 5.74) is 6.07. The molecule has 6 nitrogen and oxygen atoms in total. The number of nitrogens with one attached hydrogen (secondary N) is 1. The molecule has 1 fully saturated rings. The lowest BCUT2D eigenvalue weighted by molar-refractivity contribution is -0.130. The third-order valence-electron chi connectivity index (χ3n) is 3.52. The molecule has 1 aromatic rings. The quantitative estimate of drug-likeness (QED) is 0.804. The zero-order chi connectivity index (χ0) is 13.9. The topological polar surface area (TPSA) is 86.5 Å². The Bertz CT molecular complexity index is 466. The zero-order valence-electron chi connectivity index (χ0n) is 11.2. The number of nitrogens with zero attached hydrogens (tertiary/aromatic N) is 1. The van der Waals surface area contributed by atoms with Crippen LogP contribution in [0.1, 0.15) is 12.5 Å². The van der Waals surface area contributed by atoms with Crippen molar-refractivity contribution >= 4 is 5.91 Å². The Morgan fingerprint density at radius 2 is 2.53 bits per heavy atom. The Labute approximate surface area is 112 Å². The second-order valence-corrected chi connectivity index (χ2v) is 4.89. The summed E-state index contributed by atoms with van der Waals surface area (Å²) in [5.74, 6) is 0.406. The van der Waals surface area contributed by atoms with Crippen molar-refractivity contribution in [2.24, 2.45) is 11.1 Å². The molecule has 2 unspecified atom stereocenters. The van der Waals surface area contributed by atoms with E-state index in [2.05, 4.69) is 10.3 Å². The van der Waals surface area contributed by atoms with Crippen molar-refractivity contribution in [3.63, 3.8) is 0 Å². The molecule has 1 aliphatic heterocycles. The molecule has 0 radical (unpaired) electrons. The second-order valence-electron chi connectivity index (χ2n) is 4.89. The first-order valence-electron chi connectivity index (χ1n) is 6.17. The second kappa shape index (κ2) is 5.54. The number of ether oxygens (including phenoxy) is 2. The molecule has 1 aliphatic rings. The van der Waals surface area contributed by atoms with E-state index >= 15 is 0 Å². The van der Waals surface area contributed by atoms with Crippen molar-refractivity contribution in [2.45, 2.75) is 19.5 Å². The molecule has 2 atom stereocenters. The summed E-state index contributed by atoms with van der Waals surface area (Å²) in [5, 5.41) is 2.87. The zero-order valence-corrected chi connectivity index (χ0v) is 11.2. The summed E-state index contributed by atoms with van der Waals surface area (Å²) in [6.07, 6.45) is 1.65. The van der Waals surface area contributed by atoms with Crippen molar-refractivity contribution in [1.82, 2.24) is 10.3 Å². The maximum absolute atomic E-state index is 12.2. The highest BCUT2D eigenvalue weighted by molar-refractivity contribution is 5.83. The number of carbonyl (C=O) groups is 1. The number of amides is 1. The molecule has 2 rings (SSSR count). The van der Waals surface area contributed by atoms with E-state index in [4.69, 9.17) is 15.2 Å². The molecule has 0 aliphatic carbocycles. The minimum Gasteiger partial charge on any atom is -0.481 e. The first kappa shape index (κ1) is 13.8. The minimum atomic E-state index is -0.671. The Hall–Kier alpha value is -1.66. The van der Waals surface area contributed by atoms with Gasteiger partial charge in [0.15, 0.2) is 0 Å². The third kappa shape index (κ3) is 2.69. The summed E-state index contributed by atoms with van der Waals surface area (Å²) in [4.78, 5) is 16.3. The fraction of sp³-hybridized carbons (Fsp3) is 0.538. The number of carbonyl (C=O) groups excluding carboxylic acids is 1. The van der Waals surface area contributed by atoms with Gasteiger partial charge in [0.2, 0.25) is 11.8 Å². The molecule has 0 spiro atoms. The highest BCUT2D eigenvalue weighted by atomic mass is 16.5. The van der Waals surface area contributed by atoms with Crippen LogP contribution in [0.5, 0.6) is 5.88 Å². The number of nitrogens with two attached hydrogens (primary N) is 1. The number of aromatic nitrogens is 1. The van der Waals surface area contributed by atoms with Gasteiger partial charge in [0.25, 0.3) is 0 Å². The molecule has 1 saturated heterocycles. The summed E-state index contributed by atoms with van der Waals surface area (Å²) < 4.78 is 10.4. The van der Waals surface area contributed by atoms with E-state index in [0.717, 1.165) is 5.56 Å². The van der Waals surface area contributed by atoms with Crippen LogP contribution in [-0.2, 0) is 16.1 Å². The van der Waals surface area contributed by atoms with Crippen molar-refractivity contribution in [3.05, 3.63) is 23.9 Å². The average molecular weight is 265 g/mol. The van der Waals surface area contributed by atoms with E-state index in [0.29, 0.717) is 25.6 Å². The lowest BCUT2D eigenvalue weighted by Gasteiger charge is -2.25. The van der Waals surface area contributed by atoms with Gasteiger partial charge in [0.05, 0.1) is 25.7 Å². The molecule has 2 heterocycles. The van der Waals surface area contributed by atoms with E-state index < -0.39 is 5.41 Å². The molecule has 1 aromatic heterocycles. The molecule has 104 valence electrons. The van der Waals surface area contributed by atoms with Gasteiger partial charge in [-0.15, -0.1) is 0 Å². The highest BCUT2D eigenvalue weighted by Crippen LogP contribution is 2.27. The normalized spacial score (nSPS) is 26.2. The van der Waals surface area contributed by atoms with Crippen LogP contribution in [0.25, 0.3) is 0 Å². The number of hydrogen-bond donors (Lipinski definition) is 2. The third-order valence-corrected chi connectivity index (χ3v) is 3.52. The number of methoxy groups -OCH3 is 1. The lowest BCUT2D eigenvalue weighted by atomic mass is 9.85. The monoisotopic (exact) mass is 265 g/mol. The summed E-state index contributed by atoms with van der Waals surface area (Å²) in [7, 11) is 1.55. The standard InChI is InChI=1S/C13H19N3O3/c1-13(8-19-7-10(13)14)12(17)16-6-9-4-3-5-15-11(9)18-2/h3-5,10H,6-8,14H2,1-2H3,(H,16,17). The van der Waals surface area contributed by atoms with Crippen molar-refractivity contribution in [2.75, 3.05) is 20.3 Å². The van der Waals surface area contributed by atoms with Gasteiger partial charge in [-0.25, -0.2) is 4.98 Å². The van der Waals surface area contributed by atoms with Gasteiger partial charge in [-0.3, -0.25) is 4.79 Å². The van der Waals surface area contributed by atoms with E-state index in [-0.39, 0.29) is 11.9 Å². The average Bonchev–Trinajstić information content (AvgIpc) is 2.77. The molecule has 0 aromatic carbocycles. The maximum Gasteiger partial charge on any atom is 0.230 e. The first-order valence-corrected chi connectivity index (χ1v) is 6.17. The Morgan fingerprint density at radius 1 is 1.74 bits per heavy atom. The van der Waals surface area contributed by atoms with Crippen molar-refractivity contribution in [3.8, 4) is 5.88 Å². The smallest absolute Gasteiger partial charge is 0.230 e. The molecule has 3 N–H and O–H groups in total. The van der Waals surface area contributed by atoms with Crippen LogP contribution in [0.4, 0.5) is 0 Å². The Balaban J connectivity index is 2.01. The van der Waals surface area contributed by atoms with Crippen LogP contribution < -0.4 is 15.8 Å². The minimum absolute atomic E-state index is 0.108. The molecule has 1 amide bonds. The largest absolute Gasteiger partial charge is 0.481 e. The molecule has 19 heavy (non-hydrogen) atoms. The van der Waals surface area contributed by atoms with Gasteiger partial charge in [0.1, 0.15) is 0 Å². The van der Waals surface area contributed by atoms with Gasteiger partial charge < -0.3 is 20.5 Å². The fourth-order valence-electron chi connectivity index (χ4n) is 2.04. The summed E-state index contributed by atoms with van der Waals surface area (Å²) >= 11 is 0. The predicted octanol–water partition coefficient (Wildman–Crippen LogP) is 0.0702. The van der Waals surface area contributed by atoms with Crippen LogP contribution in [-0.4, -0.2) is 37.3 Å². The van der Waals surface area contributed by atoms with Crippen LogP contribution in [0.15, 0.2) is 18.3 Å². The number of pyridine rings is 1. The Morgan fingerprint density at radius 3 is 3.16 bits per heavy atom. The van der Waals surface area contributed by atoms with Crippen molar-refractivity contribution < 1.29 is 14.3 Å². The lowest BCUT2D eigenvalue weighted by Crippen LogP contribution is -2.49. The molecule has 0 saturated carbocycles. The van der Waals surface area contributed by atoms with Gasteiger partial charge in [0, 0.05) is 24.3 Å². The van der Waals surface area contributed by atoms with E-state index in [1.54, 1.807) is 19.4 Å². The Kier molecular flexibility index (Phi) is 4.01. The van der Waals surface area contributed by atoms with E-state index in [1.807, 2.05) is 13.0 Å². The molecular formula is C13H19N3O3. The van der Waals surface area contributed by atoms with Crippen LogP contribution in [0.2, 0.25) is 0 Å². The van der Waals surface area contributed by atoms with Gasteiger partial charge in [-0.1, -0.05) is 6.07 Å². The summed E-state index contributed by atoms with van der Waals surface area (Å²) in [6, 6.07) is 3.39. The molecular weight excluding hydrogens is 246 g/mol. The fourth-order valence-corrected chi connectivity index (χ4v) is 2.04. The van der Waals surface area contributed by atoms with Crippen LogP contribution in [0.3, 0.4) is 0 Å². The summed E-state index contributed by atoms with van der Waals surface area (Å²) in [6.45, 7) is 2.95. The predicted molar refractivity (Wildman–Crippen MR) is 69.5 cm³/mol. The van der Waals surface area contributed by atoms with E-state index in [1.165, 1.54) is 0 Å². The van der Waals surface area contributed by atoms with Crippen LogP contribution >= 0.6 is 0 Å². The number of hydrogen-bond acceptors (Lipinski definition) is 5. The highest BCUT2D eigenvalue weighted by Gasteiger charge is 2.44. The maximum atomic E-state index is 12.2.